The molecule has 39 heavy (non-hydrogen) atoms. The first-order valence-electron chi connectivity index (χ1n) is 13.7. The van der Waals surface area contributed by atoms with Gasteiger partial charge in [0.1, 0.15) is 5.60 Å². The van der Waals surface area contributed by atoms with Crippen LogP contribution in [0, 0.1) is 0 Å². The number of aromatic nitrogens is 1. The van der Waals surface area contributed by atoms with Crippen LogP contribution in [-0.2, 0) is 20.5 Å². The lowest BCUT2D eigenvalue weighted by Crippen LogP contribution is -2.51. The Kier molecular flexibility index (Phi) is 6.97. The summed E-state index contributed by atoms with van der Waals surface area (Å²) in [6, 6.07) is 21.5. The summed E-state index contributed by atoms with van der Waals surface area (Å²) in [7, 11) is 0. The zero-order chi connectivity index (χ0) is 27.8. The number of carbonyl (C=O) groups is 2. The number of hydrogen-bond donors (Lipinski definition) is 2. The number of ether oxygens (including phenoxy) is 1. The standard InChI is InChI=1S/C32H37N3O4/c1-22(35-19-18-32(39-29(35)37,21-30(2,3)38)26-8-5-4-6-9-26)23-10-12-24(13-11-23)25-14-15-27(34-20-25)31(28(33)36)16-7-17-31/h4-6,8-15,20,22,38H,7,16-19,21H2,1-3H3,(H2,33,36)/t22-,32?/m0/s1. The van der Waals surface area contributed by atoms with Gasteiger partial charge >= 0.3 is 6.09 Å². The monoisotopic (exact) mass is 527 g/mol. The van der Waals surface area contributed by atoms with Gasteiger partial charge in [0.25, 0.3) is 0 Å². The zero-order valence-electron chi connectivity index (χ0n) is 22.9. The van der Waals surface area contributed by atoms with E-state index in [2.05, 4.69) is 4.98 Å². The fourth-order valence-electron chi connectivity index (χ4n) is 6.03. The van der Waals surface area contributed by atoms with Crippen LogP contribution in [0.15, 0.2) is 72.9 Å². The third-order valence-electron chi connectivity index (χ3n) is 8.42. The molecule has 3 N–H and O–H groups in total. The van der Waals surface area contributed by atoms with E-state index in [1.165, 1.54) is 0 Å². The Balaban J connectivity index is 1.30. The smallest absolute Gasteiger partial charge is 0.411 e. The van der Waals surface area contributed by atoms with Gasteiger partial charge < -0.3 is 20.5 Å². The molecule has 5 rings (SSSR count). The minimum Gasteiger partial charge on any atom is -0.438 e. The number of benzene rings is 2. The van der Waals surface area contributed by atoms with E-state index in [0.29, 0.717) is 19.4 Å². The van der Waals surface area contributed by atoms with Crippen LogP contribution in [0.4, 0.5) is 4.79 Å². The van der Waals surface area contributed by atoms with Crippen LogP contribution in [0.25, 0.3) is 11.1 Å². The van der Waals surface area contributed by atoms with Crippen LogP contribution in [0.1, 0.15) is 75.7 Å². The summed E-state index contributed by atoms with van der Waals surface area (Å²) in [5, 5.41) is 10.6. The first-order chi connectivity index (χ1) is 18.5. The molecule has 2 amide bonds. The predicted molar refractivity (Wildman–Crippen MR) is 150 cm³/mol. The Morgan fingerprint density at radius 2 is 1.72 bits per heavy atom. The van der Waals surface area contributed by atoms with E-state index in [-0.39, 0.29) is 18.0 Å². The van der Waals surface area contributed by atoms with Crippen molar-refractivity contribution in [3.8, 4) is 11.1 Å². The molecular weight excluding hydrogens is 490 g/mol. The summed E-state index contributed by atoms with van der Waals surface area (Å²) >= 11 is 0. The Morgan fingerprint density at radius 1 is 1.05 bits per heavy atom. The molecule has 0 radical (unpaired) electrons. The van der Waals surface area contributed by atoms with Crippen molar-refractivity contribution in [2.24, 2.45) is 5.73 Å². The summed E-state index contributed by atoms with van der Waals surface area (Å²) in [5.41, 5.74) is 7.78. The minimum absolute atomic E-state index is 0.183. The summed E-state index contributed by atoms with van der Waals surface area (Å²) in [5.74, 6) is -0.301. The number of primary amides is 1. The number of carbonyl (C=O) groups excluding carboxylic acids is 2. The lowest BCUT2D eigenvalue weighted by atomic mass is 9.66. The quantitative estimate of drug-likeness (QED) is 0.396. The van der Waals surface area contributed by atoms with Crippen molar-refractivity contribution in [3.05, 3.63) is 89.7 Å². The second kappa shape index (κ2) is 10.1. The molecular formula is C32H37N3O4. The summed E-state index contributed by atoms with van der Waals surface area (Å²) in [6.45, 7) is 6.00. The lowest BCUT2D eigenvalue weighted by molar-refractivity contribution is -0.126. The average Bonchev–Trinajstić information content (AvgIpc) is 2.88. The van der Waals surface area contributed by atoms with Gasteiger partial charge in [-0.05, 0) is 56.4 Å². The maximum absolute atomic E-state index is 13.3. The molecule has 2 heterocycles. The molecule has 2 aromatic carbocycles. The SMILES string of the molecule is C[C@@H](c1ccc(-c2ccc(C3(C(N)=O)CCC3)nc2)cc1)N1CCC(CC(C)(C)O)(c2ccccc2)OC1=O. The van der Waals surface area contributed by atoms with Gasteiger partial charge in [-0.15, -0.1) is 0 Å². The van der Waals surface area contributed by atoms with Gasteiger partial charge in [0.05, 0.1) is 22.8 Å². The van der Waals surface area contributed by atoms with E-state index in [4.69, 9.17) is 10.5 Å². The molecule has 0 spiro atoms. The van der Waals surface area contributed by atoms with E-state index in [0.717, 1.165) is 47.2 Å². The van der Waals surface area contributed by atoms with Gasteiger partial charge in [0, 0.05) is 31.1 Å². The molecule has 204 valence electrons. The van der Waals surface area contributed by atoms with Gasteiger partial charge in [-0.25, -0.2) is 4.79 Å². The number of hydrogen-bond acceptors (Lipinski definition) is 5. The van der Waals surface area contributed by atoms with Crippen molar-refractivity contribution in [1.82, 2.24) is 9.88 Å². The minimum atomic E-state index is -0.995. The van der Waals surface area contributed by atoms with Crippen molar-refractivity contribution in [3.63, 3.8) is 0 Å². The number of amides is 2. The maximum Gasteiger partial charge on any atom is 0.411 e. The molecule has 0 bridgehead atoms. The van der Waals surface area contributed by atoms with Crippen molar-refractivity contribution >= 4 is 12.0 Å². The Bertz CT molecular complexity index is 1330. The number of aliphatic hydroxyl groups is 1. The van der Waals surface area contributed by atoms with Gasteiger partial charge in [0.2, 0.25) is 5.91 Å². The molecule has 1 unspecified atom stereocenters. The summed E-state index contributed by atoms with van der Waals surface area (Å²) in [6.07, 6.45) is 4.81. The van der Waals surface area contributed by atoms with Gasteiger partial charge in [-0.1, -0.05) is 67.1 Å². The van der Waals surface area contributed by atoms with Crippen LogP contribution in [-0.4, -0.2) is 39.1 Å². The highest BCUT2D eigenvalue weighted by molar-refractivity contribution is 5.87. The first kappa shape index (κ1) is 26.9. The van der Waals surface area contributed by atoms with Crippen molar-refractivity contribution in [1.29, 1.82) is 0 Å². The number of nitrogens with two attached hydrogens (primary N) is 1. The third kappa shape index (κ3) is 5.15. The second-order valence-electron chi connectivity index (χ2n) is 11.7. The number of cyclic esters (lactones) is 1. The third-order valence-corrected chi connectivity index (χ3v) is 8.42. The molecule has 1 saturated carbocycles. The molecule has 1 saturated heterocycles. The Morgan fingerprint density at radius 3 is 2.23 bits per heavy atom. The van der Waals surface area contributed by atoms with Crippen LogP contribution in [0.3, 0.4) is 0 Å². The van der Waals surface area contributed by atoms with Crippen LogP contribution in [0.2, 0.25) is 0 Å². The van der Waals surface area contributed by atoms with Gasteiger partial charge in [-0.3, -0.25) is 9.78 Å². The number of nitrogens with zero attached hydrogens (tertiary/aromatic N) is 2. The fourth-order valence-corrected chi connectivity index (χ4v) is 6.03. The molecule has 7 heteroatoms. The van der Waals surface area contributed by atoms with E-state index in [1.807, 2.05) is 73.7 Å². The van der Waals surface area contributed by atoms with E-state index < -0.39 is 16.6 Å². The second-order valence-corrected chi connectivity index (χ2v) is 11.7. The van der Waals surface area contributed by atoms with Gasteiger partial charge in [0.15, 0.2) is 0 Å². The van der Waals surface area contributed by atoms with E-state index >= 15 is 0 Å². The largest absolute Gasteiger partial charge is 0.438 e. The molecule has 2 fully saturated rings. The molecule has 1 aromatic heterocycles. The molecule has 3 aromatic rings. The highest BCUT2D eigenvalue weighted by Crippen LogP contribution is 2.44. The lowest BCUT2D eigenvalue weighted by Gasteiger charge is -2.45. The number of pyridine rings is 1. The average molecular weight is 528 g/mol. The highest BCUT2D eigenvalue weighted by atomic mass is 16.6. The molecule has 2 aliphatic rings. The van der Waals surface area contributed by atoms with Crippen molar-refractivity contribution in [2.45, 2.75) is 75.5 Å². The van der Waals surface area contributed by atoms with Gasteiger partial charge in [-0.2, -0.15) is 0 Å². The fraction of sp³-hybridized carbons (Fsp3) is 0.406. The molecule has 1 aliphatic carbocycles. The highest BCUT2D eigenvalue weighted by Gasteiger charge is 2.47. The normalized spacial score (nSPS) is 21.5. The van der Waals surface area contributed by atoms with E-state index in [9.17, 15) is 14.7 Å². The number of rotatable bonds is 8. The molecule has 7 nitrogen and oxygen atoms in total. The summed E-state index contributed by atoms with van der Waals surface area (Å²) < 4.78 is 6.14. The molecule has 2 atom stereocenters. The Labute approximate surface area is 230 Å². The van der Waals surface area contributed by atoms with Crippen LogP contribution >= 0.6 is 0 Å². The van der Waals surface area contributed by atoms with Crippen molar-refractivity contribution < 1.29 is 19.4 Å². The first-order valence-corrected chi connectivity index (χ1v) is 13.7. The van der Waals surface area contributed by atoms with Crippen LogP contribution in [0.5, 0.6) is 0 Å². The predicted octanol–water partition coefficient (Wildman–Crippen LogP) is 5.62. The summed E-state index contributed by atoms with van der Waals surface area (Å²) in [4.78, 5) is 31.7. The van der Waals surface area contributed by atoms with Crippen LogP contribution < -0.4 is 5.73 Å². The maximum atomic E-state index is 13.3. The van der Waals surface area contributed by atoms with Crippen molar-refractivity contribution in [2.75, 3.05) is 6.54 Å². The molecule has 1 aliphatic heterocycles. The zero-order valence-corrected chi connectivity index (χ0v) is 22.9. The topological polar surface area (TPSA) is 106 Å². The Hall–Kier alpha value is -3.71. The van der Waals surface area contributed by atoms with E-state index in [1.54, 1.807) is 24.9 Å².